The minimum absolute atomic E-state index is 0.0313. The van der Waals surface area contributed by atoms with Gasteiger partial charge in [0.2, 0.25) is 0 Å². The highest BCUT2D eigenvalue weighted by molar-refractivity contribution is 6.43. The van der Waals surface area contributed by atoms with Gasteiger partial charge in [-0.25, -0.2) is 24.0 Å². The van der Waals surface area contributed by atoms with Crippen LogP contribution in [0.15, 0.2) is 18.2 Å². The minimum Gasteiger partial charge on any atom is -0.342 e. The Morgan fingerprint density at radius 3 is 2.65 bits per heavy atom. The molecule has 1 atom stereocenters. The number of nitriles is 1. The fourth-order valence-corrected chi connectivity index (χ4v) is 5.55. The van der Waals surface area contributed by atoms with Gasteiger partial charge in [-0.15, -0.1) is 0 Å². The summed E-state index contributed by atoms with van der Waals surface area (Å²) in [5.41, 5.74) is 7.95. The summed E-state index contributed by atoms with van der Waals surface area (Å²) in [5, 5.41) is 14.2. The predicted molar refractivity (Wildman–Crippen MR) is 124 cm³/mol. The molecule has 1 saturated heterocycles. The Labute approximate surface area is 209 Å². The number of rotatable bonds is 6. The lowest BCUT2D eigenvalue weighted by Gasteiger charge is -2.50. The summed E-state index contributed by atoms with van der Waals surface area (Å²) in [6.45, 7) is 2.23. The number of anilines is 1. The van der Waals surface area contributed by atoms with Crippen LogP contribution in [0.1, 0.15) is 56.9 Å². The molecule has 2 aliphatic heterocycles. The first-order valence-corrected chi connectivity index (χ1v) is 11.8. The van der Waals surface area contributed by atoms with Crippen molar-refractivity contribution in [1.82, 2.24) is 26.3 Å². The van der Waals surface area contributed by atoms with Gasteiger partial charge in [0.15, 0.2) is 0 Å². The number of hydrogen-bond donors (Lipinski definition) is 5. The van der Waals surface area contributed by atoms with Gasteiger partial charge in [-0.2, -0.15) is 10.8 Å². The summed E-state index contributed by atoms with van der Waals surface area (Å²) in [6, 6.07) is 4.73. The summed E-state index contributed by atoms with van der Waals surface area (Å²) in [4.78, 5) is 39.6. The molecule has 1 aromatic carbocycles. The SMILES string of the molecule is Cc1c(C(=O)Nc2ccc(F)c(C#N)c2)c2n(c1C(=O)C(=O)NC1(C3CNNN3)CC(F)(F)C1)CCC2. The molecule has 194 valence electrons. The molecule has 0 spiro atoms. The van der Waals surface area contributed by atoms with Crippen molar-refractivity contribution < 1.29 is 27.6 Å². The van der Waals surface area contributed by atoms with Crippen molar-refractivity contribution in [3.05, 3.63) is 52.1 Å². The Morgan fingerprint density at radius 2 is 2.00 bits per heavy atom. The van der Waals surface area contributed by atoms with Gasteiger partial charge in [0.25, 0.3) is 23.5 Å². The second-order valence-corrected chi connectivity index (χ2v) is 9.66. The van der Waals surface area contributed by atoms with E-state index in [0.29, 0.717) is 25.1 Å². The van der Waals surface area contributed by atoms with Crippen LogP contribution in [-0.4, -0.2) is 46.2 Å². The number of aromatic nitrogens is 1. The second-order valence-electron chi connectivity index (χ2n) is 9.66. The van der Waals surface area contributed by atoms with Gasteiger partial charge in [-0.05, 0) is 43.5 Å². The Hall–Kier alpha value is -3.73. The van der Waals surface area contributed by atoms with Crippen LogP contribution in [-0.2, 0) is 17.8 Å². The number of halogens is 3. The number of nitrogens with zero attached hydrogens (tertiary/aromatic N) is 2. The highest BCUT2D eigenvalue weighted by Gasteiger charge is 2.61. The fourth-order valence-electron chi connectivity index (χ4n) is 5.55. The molecule has 5 rings (SSSR count). The summed E-state index contributed by atoms with van der Waals surface area (Å²) >= 11 is 0. The van der Waals surface area contributed by atoms with Crippen LogP contribution in [0, 0.1) is 24.1 Å². The van der Waals surface area contributed by atoms with Crippen molar-refractivity contribution in [2.24, 2.45) is 0 Å². The molecule has 2 amide bonds. The molecule has 5 N–H and O–H groups in total. The van der Waals surface area contributed by atoms with Gasteiger partial charge >= 0.3 is 0 Å². The number of amides is 2. The minimum atomic E-state index is -2.95. The van der Waals surface area contributed by atoms with E-state index in [2.05, 4.69) is 27.0 Å². The van der Waals surface area contributed by atoms with Gasteiger partial charge in [-0.3, -0.25) is 14.4 Å². The monoisotopic (exact) mass is 515 g/mol. The van der Waals surface area contributed by atoms with Crippen LogP contribution < -0.4 is 27.0 Å². The predicted octanol–water partition coefficient (Wildman–Crippen LogP) is 1.45. The Kier molecular flexibility index (Phi) is 6.06. The highest BCUT2D eigenvalue weighted by atomic mass is 19.3. The topological polar surface area (TPSA) is 140 Å². The smallest absolute Gasteiger partial charge is 0.294 e. The lowest BCUT2D eigenvalue weighted by Crippen LogP contribution is -2.72. The average molecular weight is 515 g/mol. The molecule has 10 nitrogen and oxygen atoms in total. The largest absolute Gasteiger partial charge is 0.342 e. The van der Waals surface area contributed by atoms with Crippen LogP contribution in [0.4, 0.5) is 18.9 Å². The molecule has 2 fully saturated rings. The molecule has 0 radical (unpaired) electrons. The third-order valence-electron chi connectivity index (χ3n) is 7.22. The van der Waals surface area contributed by atoms with E-state index >= 15 is 0 Å². The molecule has 1 saturated carbocycles. The molecule has 1 unspecified atom stereocenters. The van der Waals surface area contributed by atoms with Gasteiger partial charge in [-0.1, -0.05) is 0 Å². The van der Waals surface area contributed by atoms with Crippen molar-refractivity contribution in [2.45, 2.75) is 56.7 Å². The number of hydrogen-bond acceptors (Lipinski definition) is 7. The standard InChI is InChI=1S/C24H24F3N7O3/c1-12-18(21(36)30-14-4-5-15(25)13(7-14)8-28)16-3-2-6-34(16)19(12)20(35)22(37)31-23(10-24(26,27)11-23)17-9-29-33-32-17/h4-5,7,17,29,32-33H,2-3,6,9-11H2,1H3,(H,30,36)(H,31,37). The van der Waals surface area contributed by atoms with E-state index in [0.717, 1.165) is 6.07 Å². The second kappa shape index (κ2) is 8.98. The number of ketones is 1. The van der Waals surface area contributed by atoms with E-state index in [1.54, 1.807) is 17.6 Å². The molecule has 37 heavy (non-hydrogen) atoms. The van der Waals surface area contributed by atoms with Crippen LogP contribution in [0.25, 0.3) is 0 Å². The van der Waals surface area contributed by atoms with Crippen LogP contribution in [0.5, 0.6) is 0 Å². The zero-order valence-electron chi connectivity index (χ0n) is 19.8. The number of Topliss-reactive ketones (excluding diaryl/α,β-unsaturated/α-hetero) is 1. The Morgan fingerprint density at radius 1 is 1.24 bits per heavy atom. The molecule has 0 bridgehead atoms. The van der Waals surface area contributed by atoms with E-state index < -0.39 is 53.8 Å². The van der Waals surface area contributed by atoms with Gasteiger partial charge in [0, 0.05) is 37.3 Å². The number of hydrazine groups is 2. The van der Waals surface area contributed by atoms with Crippen molar-refractivity contribution in [3.8, 4) is 6.07 Å². The van der Waals surface area contributed by atoms with E-state index in [1.165, 1.54) is 12.1 Å². The van der Waals surface area contributed by atoms with Gasteiger partial charge in [0.05, 0.1) is 28.4 Å². The maximum Gasteiger partial charge on any atom is 0.294 e. The lowest BCUT2D eigenvalue weighted by molar-refractivity contribution is -0.151. The van der Waals surface area contributed by atoms with Crippen LogP contribution >= 0.6 is 0 Å². The van der Waals surface area contributed by atoms with Crippen molar-refractivity contribution >= 4 is 23.3 Å². The first-order valence-electron chi connectivity index (χ1n) is 11.8. The number of benzene rings is 1. The summed E-state index contributed by atoms with van der Waals surface area (Å²) in [6.07, 6.45) is -0.0835. The summed E-state index contributed by atoms with van der Waals surface area (Å²) in [7, 11) is 0. The van der Waals surface area contributed by atoms with Crippen molar-refractivity contribution in [3.63, 3.8) is 0 Å². The number of nitrogens with one attached hydrogen (secondary N) is 5. The summed E-state index contributed by atoms with van der Waals surface area (Å²) in [5.74, 6) is -6.18. The average Bonchev–Trinajstić information content (AvgIpc) is 3.56. The van der Waals surface area contributed by atoms with E-state index in [4.69, 9.17) is 5.26 Å². The van der Waals surface area contributed by atoms with Crippen LogP contribution in [0.3, 0.4) is 0 Å². The number of carbonyl (C=O) groups excluding carboxylic acids is 3. The maximum atomic E-state index is 13.9. The summed E-state index contributed by atoms with van der Waals surface area (Å²) < 4.78 is 43.0. The highest BCUT2D eigenvalue weighted by Crippen LogP contribution is 2.47. The number of fused-ring (bicyclic) bond motifs is 1. The molecule has 1 aromatic heterocycles. The van der Waals surface area contributed by atoms with Gasteiger partial charge in [0.1, 0.15) is 11.9 Å². The normalized spacial score (nSPS) is 21.0. The van der Waals surface area contributed by atoms with E-state index in [-0.39, 0.29) is 34.6 Å². The Balaban J connectivity index is 1.41. The van der Waals surface area contributed by atoms with Gasteiger partial charge < -0.3 is 15.2 Å². The van der Waals surface area contributed by atoms with E-state index in [1.807, 2.05) is 0 Å². The maximum absolute atomic E-state index is 13.9. The molecule has 2 aromatic rings. The van der Waals surface area contributed by atoms with E-state index in [9.17, 15) is 27.6 Å². The zero-order chi connectivity index (χ0) is 26.5. The Bertz CT molecular complexity index is 1350. The molecule has 3 aliphatic rings. The zero-order valence-corrected chi connectivity index (χ0v) is 19.8. The van der Waals surface area contributed by atoms with Crippen molar-refractivity contribution in [2.75, 3.05) is 11.9 Å². The lowest BCUT2D eigenvalue weighted by atomic mass is 9.68. The quantitative estimate of drug-likeness (QED) is 0.290. The van der Waals surface area contributed by atoms with Crippen LogP contribution in [0.2, 0.25) is 0 Å². The number of alkyl halides is 2. The third kappa shape index (κ3) is 4.26. The third-order valence-corrected chi connectivity index (χ3v) is 7.22. The van der Waals surface area contributed by atoms with Crippen molar-refractivity contribution in [1.29, 1.82) is 5.26 Å². The molecular formula is C24H24F3N7O3. The first-order chi connectivity index (χ1) is 17.5. The number of carbonyl (C=O) groups is 3. The molecular weight excluding hydrogens is 491 g/mol. The fraction of sp³-hybridized carbons (Fsp3) is 0.417. The molecule has 13 heteroatoms. The molecule has 3 heterocycles. The molecule has 1 aliphatic carbocycles. The first kappa shape index (κ1) is 24.9.